The van der Waals surface area contributed by atoms with Gasteiger partial charge in [-0.3, -0.25) is 9.89 Å². The number of nitrogens with one attached hydrogen (secondary N) is 2. The number of hydrogen-bond acceptors (Lipinski definition) is 3. The van der Waals surface area contributed by atoms with Gasteiger partial charge in [0.2, 0.25) is 0 Å². The van der Waals surface area contributed by atoms with E-state index < -0.39 is 0 Å². The van der Waals surface area contributed by atoms with E-state index in [9.17, 15) is 4.39 Å². The van der Waals surface area contributed by atoms with Gasteiger partial charge in [-0.25, -0.2) is 4.39 Å². The first-order valence-electron chi connectivity index (χ1n) is 8.95. The van der Waals surface area contributed by atoms with Gasteiger partial charge in [-0.1, -0.05) is 6.07 Å². The lowest BCUT2D eigenvalue weighted by atomic mass is 10.0. The molecule has 0 saturated carbocycles. The van der Waals surface area contributed by atoms with E-state index in [2.05, 4.69) is 34.4 Å². The van der Waals surface area contributed by atoms with Crippen molar-refractivity contribution in [3.63, 3.8) is 0 Å². The van der Waals surface area contributed by atoms with Crippen LogP contribution >= 0.6 is 0 Å². The number of morpholine rings is 1. The smallest absolute Gasteiger partial charge is 0.191 e. The Morgan fingerprint density at radius 3 is 2.64 bits per heavy atom. The van der Waals surface area contributed by atoms with Crippen molar-refractivity contribution < 1.29 is 9.13 Å². The van der Waals surface area contributed by atoms with Crippen molar-refractivity contribution in [2.75, 3.05) is 46.4 Å². The highest BCUT2D eigenvalue weighted by Crippen LogP contribution is 2.15. The first kappa shape index (κ1) is 19.7. The Labute approximate surface area is 150 Å². The summed E-state index contributed by atoms with van der Waals surface area (Å²) in [6.45, 7) is 11.5. The number of guanidine groups is 1. The number of nitrogens with zero attached hydrogens (tertiary/aromatic N) is 2. The summed E-state index contributed by atoms with van der Waals surface area (Å²) < 4.78 is 18.6. The Kier molecular flexibility index (Phi) is 7.20. The summed E-state index contributed by atoms with van der Waals surface area (Å²) in [5, 5.41) is 6.75. The van der Waals surface area contributed by atoms with Crippen LogP contribution in [0.5, 0.6) is 0 Å². The molecule has 6 heteroatoms. The summed E-state index contributed by atoms with van der Waals surface area (Å²) >= 11 is 0. The van der Waals surface area contributed by atoms with Gasteiger partial charge in [-0.2, -0.15) is 0 Å². The molecule has 1 heterocycles. The molecule has 2 N–H and O–H groups in total. The Morgan fingerprint density at radius 1 is 1.28 bits per heavy atom. The Bertz CT molecular complexity index is 583. The van der Waals surface area contributed by atoms with E-state index in [0.29, 0.717) is 0 Å². The molecule has 25 heavy (non-hydrogen) atoms. The molecule has 1 fully saturated rings. The second-order valence-corrected chi connectivity index (χ2v) is 7.09. The molecule has 5 nitrogen and oxygen atoms in total. The number of aryl methyl sites for hydroxylation is 1. The highest BCUT2D eigenvalue weighted by atomic mass is 19.1. The molecule has 2 rings (SSSR count). The van der Waals surface area contributed by atoms with Crippen LogP contribution in [0.25, 0.3) is 0 Å². The molecule has 0 aromatic heterocycles. The molecule has 0 bridgehead atoms. The molecule has 0 amide bonds. The normalized spacial score (nSPS) is 16.8. The minimum absolute atomic E-state index is 0.0367. The van der Waals surface area contributed by atoms with Gasteiger partial charge < -0.3 is 15.4 Å². The second kappa shape index (κ2) is 9.15. The molecule has 140 valence electrons. The minimum Gasteiger partial charge on any atom is -0.379 e. The van der Waals surface area contributed by atoms with Crippen LogP contribution in [0.2, 0.25) is 0 Å². The van der Waals surface area contributed by atoms with Crippen molar-refractivity contribution in [2.24, 2.45) is 4.99 Å². The van der Waals surface area contributed by atoms with Gasteiger partial charge in [0.1, 0.15) is 5.82 Å². The van der Waals surface area contributed by atoms with Gasteiger partial charge in [-0.05, 0) is 50.5 Å². The van der Waals surface area contributed by atoms with E-state index in [-0.39, 0.29) is 11.4 Å². The van der Waals surface area contributed by atoms with Gasteiger partial charge in [0.05, 0.1) is 13.2 Å². The third-order valence-corrected chi connectivity index (χ3v) is 4.77. The quantitative estimate of drug-likeness (QED) is 0.608. The Hall–Kier alpha value is -1.66. The fourth-order valence-electron chi connectivity index (χ4n) is 3.06. The van der Waals surface area contributed by atoms with Crippen LogP contribution in [0.4, 0.5) is 4.39 Å². The molecular formula is C19H31FN4O. The molecule has 1 aromatic carbocycles. The van der Waals surface area contributed by atoms with E-state index in [1.54, 1.807) is 13.1 Å². The van der Waals surface area contributed by atoms with Gasteiger partial charge >= 0.3 is 0 Å². The maximum absolute atomic E-state index is 13.2. The molecule has 1 aliphatic rings. The van der Waals surface area contributed by atoms with Crippen molar-refractivity contribution in [2.45, 2.75) is 32.7 Å². The monoisotopic (exact) mass is 350 g/mol. The summed E-state index contributed by atoms with van der Waals surface area (Å²) in [6.07, 6.45) is 0.833. The molecule has 1 aromatic rings. The maximum atomic E-state index is 13.2. The Morgan fingerprint density at radius 2 is 2.00 bits per heavy atom. The number of rotatable bonds is 6. The van der Waals surface area contributed by atoms with Crippen LogP contribution in [0, 0.1) is 12.7 Å². The minimum atomic E-state index is -0.183. The van der Waals surface area contributed by atoms with Crippen molar-refractivity contribution in [3.8, 4) is 0 Å². The van der Waals surface area contributed by atoms with Crippen molar-refractivity contribution in [1.82, 2.24) is 15.5 Å². The maximum Gasteiger partial charge on any atom is 0.191 e. The highest BCUT2D eigenvalue weighted by molar-refractivity contribution is 5.79. The van der Waals surface area contributed by atoms with Crippen molar-refractivity contribution in [1.29, 1.82) is 0 Å². The number of ether oxygens (including phenoxy) is 1. The van der Waals surface area contributed by atoms with Gasteiger partial charge in [0, 0.05) is 38.8 Å². The molecule has 0 atom stereocenters. The second-order valence-electron chi connectivity index (χ2n) is 7.09. The zero-order chi connectivity index (χ0) is 18.3. The molecule has 0 unspecified atom stereocenters. The number of hydrogen-bond donors (Lipinski definition) is 2. The molecular weight excluding hydrogens is 319 g/mol. The predicted octanol–water partition coefficient (Wildman–Crippen LogP) is 1.95. The number of aliphatic imine (C=N–C) groups is 1. The molecule has 0 radical (unpaired) electrons. The summed E-state index contributed by atoms with van der Waals surface area (Å²) in [5.74, 6) is 0.609. The third kappa shape index (κ3) is 5.97. The van der Waals surface area contributed by atoms with Crippen LogP contribution in [0.1, 0.15) is 25.0 Å². The highest BCUT2D eigenvalue weighted by Gasteiger charge is 2.28. The zero-order valence-electron chi connectivity index (χ0n) is 15.9. The fourth-order valence-corrected chi connectivity index (χ4v) is 3.06. The lowest BCUT2D eigenvalue weighted by Gasteiger charge is -2.41. The van der Waals surface area contributed by atoms with Crippen LogP contribution in [0.15, 0.2) is 23.2 Å². The molecule has 0 spiro atoms. The largest absolute Gasteiger partial charge is 0.379 e. The predicted molar refractivity (Wildman–Crippen MR) is 101 cm³/mol. The first-order valence-corrected chi connectivity index (χ1v) is 8.95. The van der Waals surface area contributed by atoms with Gasteiger partial charge in [0.25, 0.3) is 0 Å². The Balaban J connectivity index is 1.78. The number of benzene rings is 1. The summed E-state index contributed by atoms with van der Waals surface area (Å²) in [7, 11) is 1.78. The standard InChI is InChI=1S/C19H31FN4O/c1-15-13-17(20)6-5-16(15)7-8-22-18(21-4)23-14-19(2,3)24-9-11-25-12-10-24/h5-6,13H,7-12,14H2,1-4H3,(H2,21,22,23). The summed E-state index contributed by atoms with van der Waals surface area (Å²) in [4.78, 5) is 6.74. The first-order chi connectivity index (χ1) is 11.9. The van der Waals surface area contributed by atoms with E-state index >= 15 is 0 Å². The van der Waals surface area contributed by atoms with E-state index in [0.717, 1.165) is 62.9 Å². The van der Waals surface area contributed by atoms with E-state index in [4.69, 9.17) is 4.74 Å². The zero-order valence-corrected chi connectivity index (χ0v) is 15.9. The van der Waals surface area contributed by atoms with Crippen molar-refractivity contribution >= 4 is 5.96 Å². The van der Waals surface area contributed by atoms with Crippen LogP contribution < -0.4 is 10.6 Å². The van der Waals surface area contributed by atoms with Gasteiger partial charge in [-0.15, -0.1) is 0 Å². The SMILES string of the molecule is CN=C(NCCc1ccc(F)cc1C)NCC(C)(C)N1CCOCC1. The van der Waals surface area contributed by atoms with E-state index in [1.165, 1.54) is 6.07 Å². The topological polar surface area (TPSA) is 48.9 Å². The van der Waals surface area contributed by atoms with Gasteiger partial charge in [0.15, 0.2) is 5.96 Å². The third-order valence-electron chi connectivity index (χ3n) is 4.77. The lowest BCUT2D eigenvalue weighted by Crippen LogP contribution is -2.56. The average molecular weight is 350 g/mol. The van der Waals surface area contributed by atoms with E-state index in [1.807, 2.05) is 13.0 Å². The van der Waals surface area contributed by atoms with Crippen LogP contribution in [-0.2, 0) is 11.2 Å². The fraction of sp³-hybridized carbons (Fsp3) is 0.632. The van der Waals surface area contributed by atoms with Crippen LogP contribution in [-0.4, -0.2) is 62.8 Å². The molecule has 1 saturated heterocycles. The average Bonchev–Trinajstić information content (AvgIpc) is 2.60. The van der Waals surface area contributed by atoms with Crippen LogP contribution in [0.3, 0.4) is 0 Å². The molecule has 1 aliphatic heterocycles. The molecule has 0 aliphatic carbocycles. The lowest BCUT2D eigenvalue weighted by molar-refractivity contribution is -0.00833. The summed E-state index contributed by atoms with van der Waals surface area (Å²) in [6, 6.07) is 4.94. The summed E-state index contributed by atoms with van der Waals surface area (Å²) in [5.41, 5.74) is 2.17. The number of halogens is 1. The van der Waals surface area contributed by atoms with Crippen molar-refractivity contribution in [3.05, 3.63) is 35.1 Å².